The first-order chi connectivity index (χ1) is 13.9. The number of benzene rings is 1. The van der Waals surface area contributed by atoms with Crippen LogP contribution in [0.3, 0.4) is 0 Å². The van der Waals surface area contributed by atoms with Crippen LogP contribution in [0.2, 0.25) is 0 Å². The molecule has 0 saturated heterocycles. The van der Waals surface area contributed by atoms with Crippen LogP contribution in [0.25, 0.3) is 11.0 Å². The predicted octanol–water partition coefficient (Wildman–Crippen LogP) is 2.71. The van der Waals surface area contributed by atoms with E-state index in [1.165, 1.54) is 6.42 Å². The number of carbonyl (C=O) groups excluding carboxylic acids is 2. The molecule has 1 aromatic carbocycles. The standard InChI is InChI=1S/C23H30N4O2/c1-15(28)26-23-12-16-9-17(13-23)11-22(10-16,14-23)21(29)24-8-7-20-25-18-5-3-4-6-19(18)27(20)2/h3-6,16-17H,7-14H2,1-2H3,(H,24,29)(H,26,28). The fourth-order valence-electron chi connectivity index (χ4n) is 6.94. The number of hydrogen-bond donors (Lipinski definition) is 2. The summed E-state index contributed by atoms with van der Waals surface area (Å²) in [5.74, 6) is 2.33. The highest BCUT2D eigenvalue weighted by Gasteiger charge is 2.60. The molecule has 6 heteroatoms. The van der Waals surface area contributed by atoms with Gasteiger partial charge in [-0.25, -0.2) is 4.98 Å². The molecular formula is C23H30N4O2. The minimum absolute atomic E-state index is 0.0318. The molecule has 4 aliphatic rings. The van der Waals surface area contributed by atoms with Crippen molar-refractivity contribution in [2.24, 2.45) is 24.3 Å². The van der Waals surface area contributed by atoms with E-state index < -0.39 is 0 Å². The van der Waals surface area contributed by atoms with Gasteiger partial charge in [-0.15, -0.1) is 0 Å². The minimum atomic E-state index is -0.307. The van der Waals surface area contributed by atoms with Crippen LogP contribution in [0, 0.1) is 17.3 Å². The zero-order valence-electron chi connectivity index (χ0n) is 17.3. The van der Waals surface area contributed by atoms with Crippen LogP contribution in [0.15, 0.2) is 24.3 Å². The third-order valence-corrected chi connectivity index (χ3v) is 7.50. The molecule has 1 aromatic heterocycles. The molecule has 0 spiro atoms. The fourth-order valence-corrected chi connectivity index (χ4v) is 6.94. The molecular weight excluding hydrogens is 364 g/mol. The zero-order valence-corrected chi connectivity index (χ0v) is 17.3. The monoisotopic (exact) mass is 394 g/mol. The molecule has 2 atom stereocenters. The van der Waals surface area contributed by atoms with Crippen molar-refractivity contribution in [3.8, 4) is 0 Å². The normalized spacial score (nSPS) is 32.5. The van der Waals surface area contributed by atoms with Gasteiger partial charge in [-0.05, 0) is 62.5 Å². The molecule has 2 aromatic rings. The summed E-state index contributed by atoms with van der Waals surface area (Å²) in [6.07, 6.45) is 6.76. The smallest absolute Gasteiger partial charge is 0.226 e. The van der Waals surface area contributed by atoms with Crippen LogP contribution >= 0.6 is 0 Å². The lowest BCUT2D eigenvalue weighted by Gasteiger charge is -2.61. The first-order valence-corrected chi connectivity index (χ1v) is 10.9. The second kappa shape index (κ2) is 6.57. The van der Waals surface area contributed by atoms with Crippen LogP contribution in [-0.2, 0) is 23.1 Å². The van der Waals surface area contributed by atoms with E-state index in [1.54, 1.807) is 6.92 Å². The highest BCUT2D eigenvalue weighted by molar-refractivity contribution is 5.84. The minimum Gasteiger partial charge on any atom is -0.355 e. The third-order valence-electron chi connectivity index (χ3n) is 7.50. The molecule has 4 bridgehead atoms. The van der Waals surface area contributed by atoms with Crippen molar-refractivity contribution in [1.82, 2.24) is 20.2 Å². The molecule has 4 aliphatic carbocycles. The van der Waals surface area contributed by atoms with Crippen LogP contribution in [0.5, 0.6) is 0 Å². The molecule has 1 heterocycles. The first-order valence-electron chi connectivity index (χ1n) is 10.9. The van der Waals surface area contributed by atoms with E-state index in [0.29, 0.717) is 18.4 Å². The lowest BCUT2D eigenvalue weighted by atomic mass is 9.46. The Morgan fingerprint density at radius 2 is 1.90 bits per heavy atom. The van der Waals surface area contributed by atoms with Gasteiger partial charge in [0.25, 0.3) is 0 Å². The number of fused-ring (bicyclic) bond motifs is 1. The van der Waals surface area contributed by atoms with Gasteiger partial charge in [0, 0.05) is 32.5 Å². The molecule has 2 unspecified atom stereocenters. The van der Waals surface area contributed by atoms with E-state index in [0.717, 1.165) is 55.4 Å². The largest absolute Gasteiger partial charge is 0.355 e. The number of aryl methyl sites for hydroxylation is 1. The fraction of sp³-hybridized carbons (Fsp3) is 0.609. The maximum absolute atomic E-state index is 13.3. The Morgan fingerprint density at radius 3 is 2.59 bits per heavy atom. The number of nitrogens with zero attached hydrogens (tertiary/aromatic N) is 2. The summed E-state index contributed by atoms with van der Waals surface area (Å²) in [5.41, 5.74) is 1.64. The van der Waals surface area contributed by atoms with E-state index in [1.807, 2.05) is 25.2 Å². The molecule has 154 valence electrons. The highest BCUT2D eigenvalue weighted by Crippen LogP contribution is 2.61. The van der Waals surface area contributed by atoms with Gasteiger partial charge in [0.2, 0.25) is 11.8 Å². The molecule has 6 nitrogen and oxygen atoms in total. The Kier molecular flexibility index (Phi) is 4.23. The van der Waals surface area contributed by atoms with Crippen molar-refractivity contribution in [3.05, 3.63) is 30.1 Å². The van der Waals surface area contributed by atoms with E-state index in [9.17, 15) is 9.59 Å². The summed E-state index contributed by atoms with van der Waals surface area (Å²) >= 11 is 0. The number of para-hydroxylation sites is 2. The van der Waals surface area contributed by atoms with Gasteiger partial charge >= 0.3 is 0 Å². The summed E-state index contributed by atoms with van der Waals surface area (Å²) in [6, 6.07) is 8.11. The Labute approximate surface area is 171 Å². The molecule has 4 saturated carbocycles. The quantitative estimate of drug-likeness (QED) is 0.819. The Morgan fingerprint density at radius 1 is 1.17 bits per heavy atom. The zero-order chi connectivity index (χ0) is 20.2. The van der Waals surface area contributed by atoms with Gasteiger partial charge < -0.3 is 15.2 Å². The summed E-state index contributed by atoms with van der Waals surface area (Å²) < 4.78 is 2.11. The molecule has 29 heavy (non-hydrogen) atoms. The number of imidazole rings is 1. The number of carbonyl (C=O) groups is 2. The second-order valence-corrected chi connectivity index (χ2v) is 9.78. The van der Waals surface area contributed by atoms with Gasteiger partial charge in [-0.2, -0.15) is 0 Å². The Hall–Kier alpha value is -2.37. The average molecular weight is 395 g/mol. The first kappa shape index (κ1) is 18.6. The number of amides is 2. The number of aromatic nitrogens is 2. The highest BCUT2D eigenvalue weighted by atomic mass is 16.2. The van der Waals surface area contributed by atoms with Gasteiger partial charge in [0.05, 0.1) is 16.4 Å². The molecule has 4 fully saturated rings. The van der Waals surface area contributed by atoms with Crippen LogP contribution in [0.1, 0.15) is 51.3 Å². The summed E-state index contributed by atoms with van der Waals surface area (Å²) in [7, 11) is 2.03. The topological polar surface area (TPSA) is 76.0 Å². The van der Waals surface area contributed by atoms with Crippen LogP contribution in [-0.4, -0.2) is 33.4 Å². The van der Waals surface area contributed by atoms with Crippen molar-refractivity contribution in [2.45, 2.75) is 57.4 Å². The maximum Gasteiger partial charge on any atom is 0.226 e. The summed E-state index contributed by atoms with van der Waals surface area (Å²) in [6.45, 7) is 2.20. The van der Waals surface area contributed by atoms with E-state index in [2.05, 4.69) is 21.3 Å². The van der Waals surface area contributed by atoms with Crippen LogP contribution in [0.4, 0.5) is 0 Å². The lowest BCUT2D eigenvalue weighted by Crippen LogP contribution is -2.65. The van der Waals surface area contributed by atoms with Crippen molar-refractivity contribution in [1.29, 1.82) is 0 Å². The second-order valence-electron chi connectivity index (χ2n) is 9.78. The van der Waals surface area contributed by atoms with Gasteiger partial charge in [0.1, 0.15) is 5.82 Å². The summed E-state index contributed by atoms with van der Waals surface area (Å²) in [4.78, 5) is 29.8. The number of nitrogens with one attached hydrogen (secondary N) is 2. The molecule has 2 amide bonds. The molecule has 0 radical (unpaired) electrons. The van der Waals surface area contributed by atoms with Gasteiger partial charge in [0.15, 0.2) is 0 Å². The Bertz CT molecular complexity index is 964. The van der Waals surface area contributed by atoms with E-state index in [-0.39, 0.29) is 22.8 Å². The van der Waals surface area contributed by atoms with Crippen LogP contribution < -0.4 is 10.6 Å². The van der Waals surface area contributed by atoms with E-state index >= 15 is 0 Å². The third kappa shape index (κ3) is 3.13. The van der Waals surface area contributed by atoms with E-state index in [4.69, 9.17) is 4.98 Å². The Balaban J connectivity index is 1.28. The SMILES string of the molecule is CC(=O)NC12CC3CC(C1)CC(C(=O)NCCc1nc4ccccc4n1C)(C3)C2. The lowest BCUT2D eigenvalue weighted by molar-refractivity contribution is -0.153. The maximum atomic E-state index is 13.3. The number of hydrogen-bond acceptors (Lipinski definition) is 3. The van der Waals surface area contributed by atoms with Crippen molar-refractivity contribution < 1.29 is 9.59 Å². The molecule has 6 rings (SSSR count). The predicted molar refractivity (Wildman–Crippen MR) is 111 cm³/mol. The molecule has 2 N–H and O–H groups in total. The van der Waals surface area contributed by atoms with Gasteiger partial charge in [-0.3, -0.25) is 9.59 Å². The van der Waals surface area contributed by atoms with Crippen molar-refractivity contribution in [2.75, 3.05) is 6.54 Å². The number of rotatable bonds is 5. The van der Waals surface area contributed by atoms with Gasteiger partial charge in [-0.1, -0.05) is 12.1 Å². The average Bonchev–Trinajstić information content (AvgIpc) is 2.96. The van der Waals surface area contributed by atoms with Crippen molar-refractivity contribution in [3.63, 3.8) is 0 Å². The van der Waals surface area contributed by atoms with Crippen molar-refractivity contribution >= 4 is 22.8 Å². The molecule has 0 aliphatic heterocycles. The summed E-state index contributed by atoms with van der Waals surface area (Å²) in [5, 5.41) is 6.46.